The van der Waals surface area contributed by atoms with Crippen LogP contribution in [0.5, 0.6) is 0 Å². The molecule has 66 heavy (non-hydrogen) atoms. The van der Waals surface area contributed by atoms with Crippen LogP contribution in [0.15, 0.2) is 231 Å². The standard InChI is InChI=1S/C61H40BN3S/c1-4-15-40(16-5-1)41-27-29-46(30-28-41)63(48-32-34-60-52(37-48)50-23-11-13-26-59(50)66-60)47-31-33-53-43(36-47)35-42-17-14-25-56-61(42)62(53)54-38-51-49-22-10-12-24-55(49)64(44-18-6-2-7-19-44)57(51)39-58(54)65(56)45-20-8-3-9-21-45/h1-34,36-39H,35H2. The van der Waals surface area contributed by atoms with Gasteiger partial charge in [0.2, 0.25) is 6.71 Å². The lowest BCUT2D eigenvalue weighted by molar-refractivity contribution is 1.17. The second-order valence-electron chi connectivity index (χ2n) is 17.7. The largest absolute Gasteiger partial charge is 0.311 e. The predicted octanol–water partition coefficient (Wildman–Crippen LogP) is 14.5. The molecular weight excluding hydrogens is 818 g/mol. The van der Waals surface area contributed by atoms with E-state index in [0.717, 1.165) is 34.9 Å². The number of rotatable bonds is 6. The zero-order valence-corrected chi connectivity index (χ0v) is 36.8. The first-order valence-corrected chi connectivity index (χ1v) is 23.6. The zero-order chi connectivity index (χ0) is 43.3. The molecule has 0 amide bonds. The maximum Gasteiger partial charge on any atom is 0.247 e. The van der Waals surface area contributed by atoms with Crippen LogP contribution in [0.3, 0.4) is 0 Å². The van der Waals surface area contributed by atoms with E-state index in [1.54, 1.807) is 0 Å². The molecule has 0 saturated heterocycles. The van der Waals surface area contributed by atoms with Crippen LogP contribution >= 0.6 is 11.3 Å². The number of thiophene rings is 1. The van der Waals surface area contributed by atoms with Crippen molar-refractivity contribution in [1.29, 1.82) is 0 Å². The van der Waals surface area contributed by atoms with Gasteiger partial charge in [0.25, 0.3) is 0 Å². The van der Waals surface area contributed by atoms with Gasteiger partial charge in [-0.2, -0.15) is 0 Å². The summed E-state index contributed by atoms with van der Waals surface area (Å²) in [5.74, 6) is 0. The van der Waals surface area contributed by atoms with Crippen molar-refractivity contribution >= 4 is 111 Å². The summed E-state index contributed by atoms with van der Waals surface area (Å²) in [6.07, 6.45) is 0.853. The molecule has 2 aromatic heterocycles. The van der Waals surface area contributed by atoms with Crippen molar-refractivity contribution in [1.82, 2.24) is 4.57 Å². The van der Waals surface area contributed by atoms with E-state index in [2.05, 4.69) is 245 Å². The Morgan fingerprint density at radius 2 is 1.05 bits per heavy atom. The van der Waals surface area contributed by atoms with Crippen molar-refractivity contribution in [2.24, 2.45) is 0 Å². The fourth-order valence-electron chi connectivity index (χ4n) is 11.2. The van der Waals surface area contributed by atoms with Gasteiger partial charge in [-0.3, -0.25) is 0 Å². The Balaban J connectivity index is 0.980. The highest BCUT2D eigenvalue weighted by Crippen LogP contribution is 2.44. The number of hydrogen-bond donors (Lipinski definition) is 0. The van der Waals surface area contributed by atoms with Crippen LogP contribution in [0.25, 0.3) is 58.8 Å². The van der Waals surface area contributed by atoms with Gasteiger partial charge in [-0.1, -0.05) is 145 Å². The predicted molar refractivity (Wildman–Crippen MR) is 282 cm³/mol. The van der Waals surface area contributed by atoms with Crippen molar-refractivity contribution in [2.45, 2.75) is 6.42 Å². The Morgan fingerprint density at radius 3 is 1.86 bits per heavy atom. The van der Waals surface area contributed by atoms with Crippen molar-refractivity contribution in [3.8, 4) is 16.8 Å². The minimum absolute atomic E-state index is 0.0549. The number of anilines is 6. The van der Waals surface area contributed by atoms with Crippen LogP contribution in [0, 0.1) is 0 Å². The Morgan fingerprint density at radius 1 is 0.394 bits per heavy atom. The minimum atomic E-state index is 0.0549. The Kier molecular flexibility index (Phi) is 8.31. The lowest BCUT2D eigenvalue weighted by Gasteiger charge is -2.41. The van der Waals surface area contributed by atoms with Crippen LogP contribution in [-0.4, -0.2) is 11.3 Å². The van der Waals surface area contributed by atoms with Gasteiger partial charge in [0.15, 0.2) is 0 Å². The number of fused-ring (bicyclic) bond motifs is 10. The second kappa shape index (κ2) is 14.7. The lowest BCUT2D eigenvalue weighted by atomic mass is 9.32. The maximum absolute atomic E-state index is 2.52. The molecule has 2 aliphatic heterocycles. The smallest absolute Gasteiger partial charge is 0.247 e. The topological polar surface area (TPSA) is 11.4 Å². The first-order valence-electron chi connectivity index (χ1n) is 22.8. The molecule has 12 aromatic rings. The summed E-state index contributed by atoms with van der Waals surface area (Å²) in [5, 5.41) is 5.13. The summed E-state index contributed by atoms with van der Waals surface area (Å²) in [6.45, 7) is 0.0549. The van der Waals surface area contributed by atoms with E-state index >= 15 is 0 Å². The number of para-hydroxylation sites is 3. The van der Waals surface area contributed by atoms with Crippen molar-refractivity contribution < 1.29 is 0 Å². The van der Waals surface area contributed by atoms with Gasteiger partial charge < -0.3 is 14.4 Å². The van der Waals surface area contributed by atoms with Crippen molar-refractivity contribution in [2.75, 3.05) is 9.80 Å². The third kappa shape index (κ3) is 5.70. The molecule has 0 atom stereocenters. The summed E-state index contributed by atoms with van der Waals surface area (Å²) < 4.78 is 5.06. The van der Waals surface area contributed by atoms with Crippen LogP contribution in [-0.2, 0) is 6.42 Å². The minimum Gasteiger partial charge on any atom is -0.311 e. The Labute approximate surface area is 387 Å². The fourth-order valence-corrected chi connectivity index (χ4v) is 12.2. The highest BCUT2D eigenvalue weighted by molar-refractivity contribution is 7.25. The van der Waals surface area contributed by atoms with Crippen molar-refractivity contribution in [3.05, 3.63) is 242 Å². The normalized spacial score (nSPS) is 12.7. The average molecular weight is 858 g/mol. The molecular formula is C61H40BN3S. The molecule has 0 bridgehead atoms. The highest BCUT2D eigenvalue weighted by Gasteiger charge is 2.41. The molecule has 0 radical (unpaired) electrons. The summed E-state index contributed by atoms with van der Waals surface area (Å²) in [4.78, 5) is 4.97. The van der Waals surface area contributed by atoms with E-state index in [-0.39, 0.29) is 6.71 Å². The molecule has 14 rings (SSSR count). The van der Waals surface area contributed by atoms with Gasteiger partial charge in [-0.25, -0.2) is 0 Å². The van der Waals surface area contributed by atoms with Gasteiger partial charge >= 0.3 is 0 Å². The SMILES string of the molecule is c1ccc(-c2ccc(N(c3ccc4c(c3)Cc3cccc5c3B4c3cc4c6ccccc6n(-c6ccccc6)c4cc3N5c3ccccc3)c3ccc4sc5ccccc5c4c3)cc2)cc1. The first-order chi connectivity index (χ1) is 32.7. The number of aromatic nitrogens is 1. The van der Waals surface area contributed by atoms with E-state index in [1.165, 1.54) is 92.0 Å². The van der Waals surface area contributed by atoms with Crippen molar-refractivity contribution in [3.63, 3.8) is 0 Å². The Hall–Kier alpha value is -8.12. The summed E-state index contributed by atoms with van der Waals surface area (Å²) >= 11 is 1.87. The second-order valence-corrected chi connectivity index (χ2v) is 18.7. The maximum atomic E-state index is 2.52. The first kappa shape index (κ1) is 37.3. The highest BCUT2D eigenvalue weighted by atomic mass is 32.1. The Bertz CT molecular complexity index is 3860. The fraction of sp³-hybridized carbons (Fsp3) is 0.0164. The molecule has 0 N–H and O–H groups in total. The van der Waals surface area contributed by atoms with E-state index in [9.17, 15) is 0 Å². The van der Waals surface area contributed by atoms with E-state index < -0.39 is 0 Å². The van der Waals surface area contributed by atoms with Gasteiger partial charge in [-0.15, -0.1) is 11.3 Å². The lowest BCUT2D eigenvalue weighted by Crippen LogP contribution is -2.61. The van der Waals surface area contributed by atoms with Crippen LogP contribution in [0.1, 0.15) is 11.1 Å². The molecule has 0 spiro atoms. The van der Waals surface area contributed by atoms with Crippen LogP contribution in [0.2, 0.25) is 0 Å². The number of nitrogens with zero attached hydrogens (tertiary/aromatic N) is 3. The van der Waals surface area contributed by atoms with Gasteiger partial charge in [0.05, 0.1) is 11.0 Å². The molecule has 308 valence electrons. The van der Waals surface area contributed by atoms with Crippen LogP contribution in [0.4, 0.5) is 34.1 Å². The van der Waals surface area contributed by atoms with Gasteiger partial charge in [-0.05, 0) is 131 Å². The van der Waals surface area contributed by atoms with Gasteiger partial charge in [0, 0.05) is 70.8 Å². The van der Waals surface area contributed by atoms with E-state index in [0.29, 0.717) is 0 Å². The molecule has 0 unspecified atom stereocenters. The summed E-state index contributed by atoms with van der Waals surface area (Å²) in [6, 6.07) is 85.5. The monoisotopic (exact) mass is 857 g/mol. The third-order valence-electron chi connectivity index (χ3n) is 14.0. The molecule has 10 aromatic carbocycles. The quantitative estimate of drug-likeness (QED) is 0.154. The van der Waals surface area contributed by atoms with Crippen LogP contribution < -0.4 is 26.2 Å². The molecule has 3 nitrogen and oxygen atoms in total. The molecule has 0 aliphatic carbocycles. The molecule has 2 aliphatic rings. The van der Waals surface area contributed by atoms with Gasteiger partial charge in [0.1, 0.15) is 0 Å². The molecule has 0 fully saturated rings. The number of benzene rings is 10. The molecule has 5 heteroatoms. The summed E-state index contributed by atoms with van der Waals surface area (Å²) in [7, 11) is 0. The average Bonchev–Trinajstić information content (AvgIpc) is 3.92. The molecule has 4 heterocycles. The third-order valence-corrected chi connectivity index (χ3v) is 15.2. The summed E-state index contributed by atoms with van der Waals surface area (Å²) in [5.41, 5.74) is 19.9. The van der Waals surface area contributed by atoms with E-state index in [4.69, 9.17) is 0 Å². The van der Waals surface area contributed by atoms with E-state index in [1.807, 2.05) is 11.3 Å². The number of hydrogen-bond acceptors (Lipinski definition) is 3. The zero-order valence-electron chi connectivity index (χ0n) is 36.0. The molecule has 0 saturated carbocycles.